The number of esters is 1. The summed E-state index contributed by atoms with van der Waals surface area (Å²) in [5, 5.41) is -7.71. The van der Waals surface area contributed by atoms with Gasteiger partial charge in [-0.3, -0.25) is 4.79 Å². The third-order valence-corrected chi connectivity index (χ3v) is 6.26. The van der Waals surface area contributed by atoms with Crippen molar-refractivity contribution in [2.45, 2.75) is 60.3 Å². The summed E-state index contributed by atoms with van der Waals surface area (Å²) in [7, 11) is -7.08. The fourth-order valence-electron chi connectivity index (χ4n) is 2.22. The lowest BCUT2D eigenvalue weighted by molar-refractivity contribution is -0.458. The number of carbonyl (C=O) groups is 1. The van der Waals surface area contributed by atoms with Gasteiger partial charge in [-0.15, -0.1) is 0 Å². The summed E-state index contributed by atoms with van der Waals surface area (Å²) >= 11 is 0. The molecule has 0 rings (SSSR count). The Morgan fingerprint density at radius 2 is 0.973 bits per heavy atom. The number of nitrogens with zero attached hydrogens (tertiary/aromatic N) is 1. The first-order valence-electron chi connectivity index (χ1n) is 8.69. The highest BCUT2D eigenvalue weighted by atomic mass is 32.2. The van der Waals surface area contributed by atoms with E-state index in [1.807, 2.05) is 0 Å². The van der Waals surface area contributed by atoms with Crippen molar-refractivity contribution in [3.05, 3.63) is 0 Å². The SMILES string of the molecule is CCCN(CC(=O)OC)S(=O)(=O)C(F)(F)C(F)(F)C(F)(F)C(F)(F)C(F)(F)C(F)(F)C(F)(F)C(F)(F)F. The minimum Gasteiger partial charge on any atom is -0.468 e. The number of ether oxygens (including phenoxy) is 1. The van der Waals surface area contributed by atoms with Gasteiger partial charge in [-0.25, -0.2) is 8.42 Å². The van der Waals surface area contributed by atoms with E-state index in [9.17, 15) is 87.8 Å². The van der Waals surface area contributed by atoms with Crippen molar-refractivity contribution >= 4 is 16.0 Å². The second-order valence-electron chi connectivity index (χ2n) is 6.88. The molecule has 0 fully saturated rings. The fraction of sp³-hybridized carbons (Fsp3) is 0.929. The van der Waals surface area contributed by atoms with E-state index in [1.54, 1.807) is 0 Å². The van der Waals surface area contributed by atoms with Gasteiger partial charge in [0.2, 0.25) is 0 Å². The molecular formula is C14H12F17NO4S. The van der Waals surface area contributed by atoms with Crippen molar-refractivity contribution in [1.82, 2.24) is 4.31 Å². The van der Waals surface area contributed by atoms with Gasteiger partial charge in [0.15, 0.2) is 0 Å². The molecule has 0 atom stereocenters. The van der Waals surface area contributed by atoms with Gasteiger partial charge in [0.05, 0.1) is 7.11 Å². The largest absolute Gasteiger partial charge is 0.468 e. The molecule has 0 radical (unpaired) electrons. The molecular weight excluding hydrogens is 601 g/mol. The Hall–Kier alpha value is -1.81. The topological polar surface area (TPSA) is 63.7 Å². The highest BCUT2D eigenvalue weighted by Crippen LogP contribution is 2.64. The number of sulfonamides is 1. The zero-order valence-corrected chi connectivity index (χ0v) is 18.4. The molecule has 0 N–H and O–H groups in total. The van der Waals surface area contributed by atoms with Crippen LogP contribution in [0, 0.1) is 0 Å². The van der Waals surface area contributed by atoms with E-state index in [1.165, 1.54) is 0 Å². The van der Waals surface area contributed by atoms with E-state index >= 15 is 0 Å². The fourth-order valence-corrected chi connectivity index (χ4v) is 3.69. The van der Waals surface area contributed by atoms with E-state index in [0.717, 1.165) is 6.92 Å². The number of rotatable bonds is 12. The summed E-state index contributed by atoms with van der Waals surface area (Å²) in [5.74, 6) is -53.9. The molecule has 23 heteroatoms. The second kappa shape index (κ2) is 9.74. The number of carbonyl (C=O) groups excluding carboxylic acids is 1. The van der Waals surface area contributed by atoms with E-state index in [-0.39, 0.29) is 0 Å². The van der Waals surface area contributed by atoms with Crippen LogP contribution in [0.15, 0.2) is 0 Å². The maximum absolute atomic E-state index is 14.1. The predicted molar refractivity (Wildman–Crippen MR) is 83.5 cm³/mol. The Morgan fingerprint density at radius 3 is 1.27 bits per heavy atom. The van der Waals surface area contributed by atoms with Crippen LogP contribution in [0.1, 0.15) is 13.3 Å². The van der Waals surface area contributed by atoms with Crippen LogP contribution >= 0.6 is 0 Å². The average molecular weight is 613 g/mol. The summed E-state index contributed by atoms with van der Waals surface area (Å²) in [6.07, 6.45) is -8.61. The van der Waals surface area contributed by atoms with Crippen LogP contribution in [-0.2, 0) is 19.6 Å². The molecule has 0 saturated heterocycles. The molecule has 0 aromatic carbocycles. The molecule has 0 spiro atoms. The van der Waals surface area contributed by atoms with Crippen molar-refractivity contribution in [2.24, 2.45) is 0 Å². The molecule has 0 aliphatic heterocycles. The monoisotopic (exact) mass is 613 g/mol. The molecule has 222 valence electrons. The van der Waals surface area contributed by atoms with Crippen LogP contribution in [0.25, 0.3) is 0 Å². The summed E-state index contributed by atoms with van der Waals surface area (Å²) < 4.78 is 252. The van der Waals surface area contributed by atoms with E-state index in [2.05, 4.69) is 4.74 Å². The van der Waals surface area contributed by atoms with Crippen LogP contribution in [-0.4, -0.2) is 85.9 Å². The number of methoxy groups -OCH3 is 1. The number of hydrogen-bond donors (Lipinski definition) is 0. The zero-order valence-electron chi connectivity index (χ0n) is 17.5. The van der Waals surface area contributed by atoms with Crippen molar-refractivity contribution in [2.75, 3.05) is 20.2 Å². The molecule has 0 saturated carbocycles. The van der Waals surface area contributed by atoms with Gasteiger partial charge in [-0.2, -0.15) is 78.9 Å². The molecule has 0 aromatic heterocycles. The van der Waals surface area contributed by atoms with Gasteiger partial charge < -0.3 is 4.74 Å². The maximum Gasteiger partial charge on any atom is 0.460 e. The molecule has 0 bridgehead atoms. The first-order chi connectivity index (χ1) is 15.9. The van der Waals surface area contributed by atoms with Crippen molar-refractivity contribution in [1.29, 1.82) is 0 Å². The zero-order chi connectivity index (χ0) is 30.5. The smallest absolute Gasteiger partial charge is 0.460 e. The van der Waals surface area contributed by atoms with Crippen molar-refractivity contribution in [3.8, 4) is 0 Å². The predicted octanol–water partition coefficient (Wildman–Crippen LogP) is 5.17. The molecule has 0 unspecified atom stereocenters. The molecule has 0 aliphatic carbocycles. The Morgan fingerprint density at radius 1 is 0.649 bits per heavy atom. The van der Waals surface area contributed by atoms with E-state index < -0.39 is 86.8 Å². The maximum atomic E-state index is 14.1. The lowest BCUT2D eigenvalue weighted by atomic mass is 9.91. The first-order valence-corrected chi connectivity index (χ1v) is 10.1. The summed E-state index contributed by atoms with van der Waals surface area (Å²) in [5.41, 5.74) is 0. The molecule has 0 heterocycles. The average Bonchev–Trinajstić information content (AvgIpc) is 2.71. The first kappa shape index (κ1) is 35.2. The Bertz CT molecular complexity index is 944. The molecule has 0 aromatic rings. The standard InChI is InChI=1S/C14H12F17NO4S/c1-3-4-32(5-6(33)36-2)37(34,35)14(30,31)12(25,26)10(21,22)8(17,18)7(15,16)9(19,20)11(23,24)13(27,28)29/h3-5H2,1-2H3. The quantitative estimate of drug-likeness (QED) is 0.225. The van der Waals surface area contributed by atoms with E-state index in [0.29, 0.717) is 7.11 Å². The Balaban J connectivity index is 7.06. The molecule has 0 aliphatic rings. The third-order valence-electron chi connectivity index (χ3n) is 4.36. The van der Waals surface area contributed by atoms with Crippen LogP contribution in [0.3, 0.4) is 0 Å². The van der Waals surface area contributed by atoms with Gasteiger partial charge >= 0.3 is 52.9 Å². The molecule has 0 amide bonds. The number of hydrogen-bond acceptors (Lipinski definition) is 4. The Kier molecular flexibility index (Phi) is 9.26. The van der Waals surface area contributed by atoms with Crippen LogP contribution in [0.4, 0.5) is 74.6 Å². The van der Waals surface area contributed by atoms with Crippen LogP contribution in [0.2, 0.25) is 0 Å². The van der Waals surface area contributed by atoms with Crippen LogP contribution < -0.4 is 0 Å². The number of alkyl halides is 17. The normalized spacial score (nSPS) is 15.8. The lowest BCUT2D eigenvalue weighted by Crippen LogP contribution is -2.75. The number of halogens is 17. The second-order valence-corrected chi connectivity index (χ2v) is 8.85. The summed E-state index contributed by atoms with van der Waals surface area (Å²) in [6.45, 7) is -2.59. The van der Waals surface area contributed by atoms with Crippen molar-refractivity contribution in [3.63, 3.8) is 0 Å². The van der Waals surface area contributed by atoms with Crippen molar-refractivity contribution < 1.29 is 92.6 Å². The van der Waals surface area contributed by atoms with Gasteiger partial charge in [0.25, 0.3) is 10.0 Å². The van der Waals surface area contributed by atoms with Gasteiger partial charge in [-0.1, -0.05) is 6.92 Å². The van der Waals surface area contributed by atoms with Crippen LogP contribution in [0.5, 0.6) is 0 Å². The van der Waals surface area contributed by atoms with E-state index in [4.69, 9.17) is 0 Å². The molecule has 37 heavy (non-hydrogen) atoms. The minimum absolute atomic E-state index is 0.444. The Labute approximate surface area is 194 Å². The summed E-state index contributed by atoms with van der Waals surface area (Å²) in [6, 6.07) is 0. The minimum atomic E-state index is -8.92. The molecule has 5 nitrogen and oxygen atoms in total. The lowest BCUT2D eigenvalue weighted by Gasteiger charge is -2.43. The van der Waals surface area contributed by atoms with Gasteiger partial charge in [-0.05, 0) is 6.42 Å². The van der Waals surface area contributed by atoms with Gasteiger partial charge in [0, 0.05) is 6.54 Å². The highest BCUT2D eigenvalue weighted by molar-refractivity contribution is 7.90. The summed E-state index contributed by atoms with van der Waals surface area (Å²) in [4.78, 5) is 11.1. The highest BCUT2D eigenvalue weighted by Gasteiger charge is 2.96. The van der Waals surface area contributed by atoms with Gasteiger partial charge in [0.1, 0.15) is 6.54 Å². The third kappa shape index (κ3) is 4.88.